The van der Waals surface area contributed by atoms with Crippen LogP contribution in [0.3, 0.4) is 0 Å². The van der Waals surface area contributed by atoms with E-state index in [4.69, 9.17) is 9.47 Å². The largest absolute Gasteiger partial charge is 0.497 e. The van der Waals surface area contributed by atoms with Crippen molar-refractivity contribution in [3.05, 3.63) is 87.8 Å². The second-order valence-electron chi connectivity index (χ2n) is 7.86. The molecule has 0 unspecified atom stereocenters. The topological polar surface area (TPSA) is 64.6 Å². The van der Waals surface area contributed by atoms with Crippen LogP contribution < -0.4 is 10.1 Å². The lowest BCUT2D eigenvalue weighted by Crippen LogP contribution is -2.34. The number of allylic oxidation sites excluding steroid dienone is 3. The summed E-state index contributed by atoms with van der Waals surface area (Å²) in [4.78, 5) is 26.0. The second kappa shape index (κ2) is 8.94. The Kier molecular flexibility index (Phi) is 6.08. The normalized spacial score (nSPS) is 18.2. The van der Waals surface area contributed by atoms with Gasteiger partial charge >= 0.3 is 5.97 Å². The van der Waals surface area contributed by atoms with Crippen LogP contribution in [-0.2, 0) is 20.9 Å². The van der Waals surface area contributed by atoms with Gasteiger partial charge in [0.05, 0.1) is 12.7 Å². The fraction of sp³-hybridized carbons (Fsp3) is 0.280. The number of methoxy groups -OCH3 is 1. The van der Waals surface area contributed by atoms with E-state index in [1.807, 2.05) is 0 Å². The highest BCUT2D eigenvalue weighted by Gasteiger charge is 2.39. The van der Waals surface area contributed by atoms with Gasteiger partial charge in [0.2, 0.25) is 0 Å². The summed E-state index contributed by atoms with van der Waals surface area (Å²) in [7, 11) is 1.56. The van der Waals surface area contributed by atoms with Gasteiger partial charge in [0.25, 0.3) is 0 Å². The summed E-state index contributed by atoms with van der Waals surface area (Å²) >= 11 is 0. The molecule has 2 aromatic rings. The Balaban J connectivity index is 1.68. The van der Waals surface area contributed by atoms with Crippen LogP contribution in [0, 0.1) is 11.6 Å². The molecule has 4 rings (SSSR count). The van der Waals surface area contributed by atoms with E-state index in [0.29, 0.717) is 41.8 Å². The first-order valence-corrected chi connectivity index (χ1v) is 10.4. The summed E-state index contributed by atoms with van der Waals surface area (Å²) in [6.07, 6.45) is 1.68. The molecule has 0 radical (unpaired) electrons. The Morgan fingerprint density at radius 2 is 1.84 bits per heavy atom. The minimum atomic E-state index is -1.03. The van der Waals surface area contributed by atoms with E-state index in [0.717, 1.165) is 23.4 Å². The summed E-state index contributed by atoms with van der Waals surface area (Å²) in [6, 6.07) is 10.5. The highest BCUT2D eigenvalue weighted by molar-refractivity contribution is 6.03. The number of carbonyl (C=O) groups excluding carboxylic acids is 2. The molecule has 0 amide bonds. The minimum absolute atomic E-state index is 0.0178. The first-order chi connectivity index (χ1) is 15.4. The van der Waals surface area contributed by atoms with E-state index in [1.54, 1.807) is 38.3 Å². The monoisotopic (exact) mass is 439 g/mol. The van der Waals surface area contributed by atoms with Gasteiger partial charge in [-0.25, -0.2) is 13.6 Å². The summed E-state index contributed by atoms with van der Waals surface area (Å²) in [5.74, 6) is -2.89. The van der Waals surface area contributed by atoms with E-state index in [2.05, 4.69) is 5.32 Å². The van der Waals surface area contributed by atoms with Gasteiger partial charge in [0.1, 0.15) is 12.4 Å². The molecule has 0 spiro atoms. The number of hydrogen-bond acceptors (Lipinski definition) is 5. The molecule has 1 N–H and O–H groups in total. The third kappa shape index (κ3) is 4.15. The van der Waals surface area contributed by atoms with Crippen LogP contribution in [0.2, 0.25) is 0 Å². The molecule has 32 heavy (non-hydrogen) atoms. The zero-order chi connectivity index (χ0) is 22.8. The Morgan fingerprint density at radius 3 is 2.53 bits per heavy atom. The maximum absolute atomic E-state index is 14.1. The second-order valence-corrected chi connectivity index (χ2v) is 7.86. The van der Waals surface area contributed by atoms with Crippen LogP contribution in [0.15, 0.2) is 65.0 Å². The lowest BCUT2D eigenvalue weighted by atomic mass is 9.75. The Morgan fingerprint density at radius 1 is 1.09 bits per heavy atom. The lowest BCUT2D eigenvalue weighted by Gasteiger charge is -2.34. The SMILES string of the molecule is COc1ccc(COC(=O)C2=C(C)NC3=C(C(=O)CCC3)[C@@H]2c2ccc(F)c(F)c2)cc1. The summed E-state index contributed by atoms with van der Waals surface area (Å²) in [5, 5.41) is 3.17. The van der Waals surface area contributed by atoms with Gasteiger partial charge < -0.3 is 14.8 Å². The summed E-state index contributed by atoms with van der Waals surface area (Å²) in [5.41, 5.74) is 3.00. The zero-order valence-electron chi connectivity index (χ0n) is 17.8. The average Bonchev–Trinajstić information content (AvgIpc) is 2.79. The van der Waals surface area contributed by atoms with Gasteiger partial charge in [-0.3, -0.25) is 4.79 Å². The van der Waals surface area contributed by atoms with E-state index >= 15 is 0 Å². The molecule has 0 saturated carbocycles. The molecule has 2 aliphatic rings. The first-order valence-electron chi connectivity index (χ1n) is 10.4. The third-order valence-electron chi connectivity index (χ3n) is 5.80. The number of benzene rings is 2. The van der Waals surface area contributed by atoms with Crippen molar-refractivity contribution >= 4 is 11.8 Å². The van der Waals surface area contributed by atoms with E-state index in [1.165, 1.54) is 6.07 Å². The van der Waals surface area contributed by atoms with Gasteiger partial charge in [0, 0.05) is 29.3 Å². The number of Topliss-reactive ketones (excluding diaryl/α,β-unsaturated/α-hetero) is 1. The van der Waals surface area contributed by atoms with Crippen molar-refractivity contribution < 1.29 is 27.8 Å². The average molecular weight is 439 g/mol. The summed E-state index contributed by atoms with van der Waals surface area (Å²) < 4.78 is 38.4. The van der Waals surface area contributed by atoms with Crippen LogP contribution in [-0.4, -0.2) is 18.9 Å². The third-order valence-corrected chi connectivity index (χ3v) is 5.80. The smallest absolute Gasteiger partial charge is 0.337 e. The number of nitrogens with one attached hydrogen (secondary N) is 1. The Bertz CT molecular complexity index is 1140. The van der Waals surface area contributed by atoms with Crippen molar-refractivity contribution in [3.63, 3.8) is 0 Å². The number of halogens is 2. The molecule has 7 heteroatoms. The number of ether oxygens (including phenoxy) is 2. The summed E-state index contributed by atoms with van der Waals surface area (Å²) in [6.45, 7) is 1.74. The molecule has 1 aliphatic heterocycles. The number of rotatable bonds is 5. The number of dihydropyridines is 1. The molecular formula is C25H23F2NO4. The number of esters is 1. The van der Waals surface area contributed by atoms with Crippen LogP contribution >= 0.6 is 0 Å². The van der Waals surface area contributed by atoms with Crippen molar-refractivity contribution in [3.8, 4) is 5.75 Å². The fourth-order valence-electron chi connectivity index (χ4n) is 4.23. The molecule has 1 atom stereocenters. The Labute approximate surface area is 184 Å². The van der Waals surface area contributed by atoms with Crippen molar-refractivity contribution in [2.75, 3.05) is 7.11 Å². The van der Waals surface area contributed by atoms with E-state index in [9.17, 15) is 18.4 Å². The fourth-order valence-corrected chi connectivity index (χ4v) is 4.23. The maximum Gasteiger partial charge on any atom is 0.337 e. The van der Waals surface area contributed by atoms with Crippen LogP contribution in [0.1, 0.15) is 43.2 Å². The van der Waals surface area contributed by atoms with Crippen molar-refractivity contribution in [2.45, 2.75) is 38.7 Å². The maximum atomic E-state index is 14.1. The van der Waals surface area contributed by atoms with Gasteiger partial charge in [-0.2, -0.15) is 0 Å². The van der Waals surface area contributed by atoms with Gasteiger partial charge in [-0.15, -0.1) is 0 Å². The van der Waals surface area contributed by atoms with E-state index in [-0.39, 0.29) is 18.0 Å². The molecular weight excluding hydrogens is 416 g/mol. The van der Waals surface area contributed by atoms with Gasteiger partial charge in [-0.1, -0.05) is 18.2 Å². The van der Waals surface area contributed by atoms with Crippen LogP contribution in [0.25, 0.3) is 0 Å². The molecule has 0 bridgehead atoms. The van der Waals surface area contributed by atoms with E-state index < -0.39 is 23.5 Å². The van der Waals surface area contributed by atoms with Gasteiger partial charge in [-0.05, 0) is 55.2 Å². The number of hydrogen-bond donors (Lipinski definition) is 1. The molecule has 0 saturated heterocycles. The molecule has 5 nitrogen and oxygen atoms in total. The zero-order valence-corrected chi connectivity index (χ0v) is 17.8. The van der Waals surface area contributed by atoms with Crippen LogP contribution in [0.4, 0.5) is 8.78 Å². The molecule has 2 aromatic carbocycles. The predicted molar refractivity (Wildman–Crippen MR) is 114 cm³/mol. The standard InChI is InChI=1S/C25H23F2NO4/c1-14-22(25(30)32-13-15-6-9-17(31-2)10-7-15)23(16-8-11-18(26)19(27)12-16)24-20(28-14)4-3-5-21(24)29/h6-12,23,28H,3-5,13H2,1-2H3/t23-/m1/s1. The lowest BCUT2D eigenvalue weighted by molar-refractivity contribution is -0.140. The predicted octanol–water partition coefficient (Wildman–Crippen LogP) is 4.68. The van der Waals surface area contributed by atoms with Crippen molar-refractivity contribution in [1.29, 1.82) is 0 Å². The molecule has 1 heterocycles. The molecule has 0 fully saturated rings. The minimum Gasteiger partial charge on any atom is -0.497 e. The van der Waals surface area contributed by atoms with Crippen molar-refractivity contribution in [2.24, 2.45) is 0 Å². The Hall–Kier alpha value is -3.48. The highest BCUT2D eigenvalue weighted by Crippen LogP contribution is 2.42. The van der Waals surface area contributed by atoms with Crippen LogP contribution in [0.5, 0.6) is 5.75 Å². The quantitative estimate of drug-likeness (QED) is 0.685. The first kappa shape index (κ1) is 21.7. The highest BCUT2D eigenvalue weighted by atomic mass is 19.2. The molecule has 1 aliphatic carbocycles. The number of carbonyl (C=O) groups is 2. The molecule has 0 aromatic heterocycles. The van der Waals surface area contributed by atoms with Crippen molar-refractivity contribution in [1.82, 2.24) is 5.32 Å². The van der Waals surface area contributed by atoms with Gasteiger partial charge in [0.15, 0.2) is 17.4 Å². The number of ketones is 1. The molecule has 166 valence electrons.